The number of benzene rings is 2. The third-order valence-corrected chi connectivity index (χ3v) is 3.40. The molecule has 0 heterocycles. The minimum absolute atomic E-state index is 0.0908. The van der Waals surface area contributed by atoms with Crippen LogP contribution in [0, 0.1) is 0 Å². The predicted octanol–water partition coefficient (Wildman–Crippen LogP) is 2.61. The van der Waals surface area contributed by atoms with Gasteiger partial charge < -0.3 is 15.4 Å². The summed E-state index contributed by atoms with van der Waals surface area (Å²) in [6.07, 6.45) is -0.596. The fraction of sp³-hybridized carbons (Fsp3) is 0.235. The lowest BCUT2D eigenvalue weighted by atomic mass is 10.1. The van der Waals surface area contributed by atoms with Crippen LogP contribution in [0.15, 0.2) is 54.6 Å². The van der Waals surface area contributed by atoms with Gasteiger partial charge in [0.2, 0.25) is 0 Å². The number of anilines is 1. The number of nitrogens with zero attached hydrogens (tertiary/aromatic N) is 1. The first-order valence-electron chi connectivity index (χ1n) is 6.79. The number of para-hydroxylation sites is 1. The van der Waals surface area contributed by atoms with Crippen molar-refractivity contribution >= 4 is 11.6 Å². The molecule has 0 saturated heterocycles. The molecular weight excluding hydrogens is 264 g/mol. The van der Waals surface area contributed by atoms with Crippen molar-refractivity contribution in [3.63, 3.8) is 0 Å². The molecule has 4 heteroatoms. The van der Waals surface area contributed by atoms with Gasteiger partial charge in [0, 0.05) is 26.4 Å². The lowest BCUT2D eigenvalue weighted by Gasteiger charge is -2.23. The van der Waals surface area contributed by atoms with Gasteiger partial charge in [-0.15, -0.1) is 0 Å². The van der Waals surface area contributed by atoms with Crippen LogP contribution >= 0.6 is 0 Å². The van der Waals surface area contributed by atoms with Gasteiger partial charge in [-0.1, -0.05) is 48.5 Å². The van der Waals surface area contributed by atoms with Crippen LogP contribution in [0.1, 0.15) is 17.2 Å². The highest BCUT2D eigenvalue weighted by Gasteiger charge is 2.23. The topological polar surface area (TPSA) is 55.6 Å². The number of likely N-dealkylation sites (N-methyl/N-ethyl adjacent to an activating group) is 1. The van der Waals surface area contributed by atoms with Crippen molar-refractivity contribution in [3.8, 4) is 0 Å². The van der Waals surface area contributed by atoms with E-state index in [4.69, 9.17) is 10.5 Å². The molecule has 0 spiro atoms. The molecule has 0 saturated carbocycles. The highest BCUT2D eigenvalue weighted by molar-refractivity contribution is 5.82. The third-order valence-electron chi connectivity index (χ3n) is 3.40. The van der Waals surface area contributed by atoms with Gasteiger partial charge in [0.05, 0.1) is 0 Å². The Labute approximate surface area is 125 Å². The third kappa shape index (κ3) is 3.61. The van der Waals surface area contributed by atoms with E-state index in [2.05, 4.69) is 0 Å². The zero-order valence-electron chi connectivity index (χ0n) is 12.3. The summed E-state index contributed by atoms with van der Waals surface area (Å²) in [7, 11) is 3.30. The van der Waals surface area contributed by atoms with Gasteiger partial charge in [-0.3, -0.25) is 4.79 Å². The molecule has 1 amide bonds. The van der Waals surface area contributed by atoms with Crippen molar-refractivity contribution in [1.29, 1.82) is 0 Å². The van der Waals surface area contributed by atoms with Crippen LogP contribution in [0.4, 0.5) is 5.69 Å². The van der Waals surface area contributed by atoms with Crippen molar-refractivity contribution < 1.29 is 9.53 Å². The van der Waals surface area contributed by atoms with Crippen LogP contribution in [0.25, 0.3) is 0 Å². The van der Waals surface area contributed by atoms with E-state index in [-0.39, 0.29) is 5.91 Å². The Morgan fingerprint density at radius 1 is 1.14 bits per heavy atom. The van der Waals surface area contributed by atoms with Gasteiger partial charge in [0.15, 0.2) is 6.10 Å². The molecule has 0 radical (unpaired) electrons. The molecule has 2 aromatic rings. The largest absolute Gasteiger partial charge is 0.398 e. The number of amides is 1. The second kappa shape index (κ2) is 6.90. The number of hydrogen-bond donors (Lipinski definition) is 1. The molecule has 110 valence electrons. The molecule has 2 rings (SSSR count). The first kappa shape index (κ1) is 15.1. The Morgan fingerprint density at radius 3 is 2.38 bits per heavy atom. The number of carbonyl (C=O) groups excluding carboxylic acids is 1. The molecule has 2 N–H and O–H groups in total. The summed E-state index contributed by atoms with van der Waals surface area (Å²) in [5, 5.41) is 0. The second-order valence-corrected chi connectivity index (χ2v) is 4.92. The van der Waals surface area contributed by atoms with Gasteiger partial charge in [-0.05, 0) is 17.2 Å². The molecule has 0 aliphatic heterocycles. The highest BCUT2D eigenvalue weighted by atomic mass is 16.5. The Hall–Kier alpha value is -2.33. The highest BCUT2D eigenvalue weighted by Crippen LogP contribution is 2.20. The standard InChI is InChI=1S/C17H20N2O2/c1-19(12-14-10-6-7-11-15(14)18)17(20)16(21-2)13-8-4-3-5-9-13/h3-11,16H,12,18H2,1-2H3. The average Bonchev–Trinajstić information content (AvgIpc) is 2.51. The van der Waals surface area contributed by atoms with Crippen molar-refractivity contribution in [2.45, 2.75) is 12.6 Å². The Morgan fingerprint density at radius 2 is 1.76 bits per heavy atom. The van der Waals surface area contributed by atoms with E-state index in [1.807, 2.05) is 54.6 Å². The smallest absolute Gasteiger partial charge is 0.256 e. The summed E-state index contributed by atoms with van der Waals surface area (Å²) in [5.41, 5.74) is 8.38. The minimum atomic E-state index is -0.596. The van der Waals surface area contributed by atoms with E-state index in [0.29, 0.717) is 12.2 Å². The fourth-order valence-electron chi connectivity index (χ4n) is 2.22. The van der Waals surface area contributed by atoms with Crippen LogP contribution in [0.3, 0.4) is 0 Å². The van der Waals surface area contributed by atoms with Crippen LogP contribution < -0.4 is 5.73 Å². The average molecular weight is 284 g/mol. The summed E-state index contributed by atoms with van der Waals surface area (Å²) in [6.45, 7) is 0.457. The molecule has 2 aromatic carbocycles. The number of carbonyl (C=O) groups is 1. The number of methoxy groups -OCH3 is 1. The molecule has 0 aromatic heterocycles. The molecule has 21 heavy (non-hydrogen) atoms. The lowest BCUT2D eigenvalue weighted by molar-refractivity contribution is -0.141. The summed E-state index contributed by atoms with van der Waals surface area (Å²) in [5.74, 6) is -0.0908. The Balaban J connectivity index is 2.13. The van der Waals surface area contributed by atoms with Crippen molar-refractivity contribution in [2.75, 3.05) is 19.9 Å². The van der Waals surface area contributed by atoms with Crippen molar-refractivity contribution in [3.05, 3.63) is 65.7 Å². The first-order valence-corrected chi connectivity index (χ1v) is 6.79. The zero-order valence-corrected chi connectivity index (χ0v) is 12.3. The van der Waals surface area contributed by atoms with Crippen molar-refractivity contribution in [1.82, 2.24) is 4.90 Å². The first-order chi connectivity index (χ1) is 10.1. The number of hydrogen-bond acceptors (Lipinski definition) is 3. The number of nitrogens with two attached hydrogens (primary N) is 1. The molecule has 0 bridgehead atoms. The summed E-state index contributed by atoms with van der Waals surface area (Å²) in [6, 6.07) is 17.0. The summed E-state index contributed by atoms with van der Waals surface area (Å²) in [4.78, 5) is 14.2. The maximum absolute atomic E-state index is 12.6. The molecule has 0 aliphatic carbocycles. The van der Waals surface area contributed by atoms with E-state index in [9.17, 15) is 4.79 Å². The van der Waals surface area contributed by atoms with Crippen LogP contribution in [0.2, 0.25) is 0 Å². The van der Waals surface area contributed by atoms with E-state index >= 15 is 0 Å². The molecular formula is C17H20N2O2. The van der Waals surface area contributed by atoms with Gasteiger partial charge in [-0.2, -0.15) is 0 Å². The fourth-order valence-corrected chi connectivity index (χ4v) is 2.22. The molecule has 1 unspecified atom stereocenters. The Bertz CT molecular complexity index is 599. The number of ether oxygens (including phenoxy) is 1. The minimum Gasteiger partial charge on any atom is -0.398 e. The normalized spacial score (nSPS) is 11.9. The molecule has 0 aliphatic rings. The quantitative estimate of drug-likeness (QED) is 0.859. The predicted molar refractivity (Wildman–Crippen MR) is 83.5 cm³/mol. The van der Waals surface area contributed by atoms with E-state index in [0.717, 1.165) is 11.1 Å². The molecule has 1 atom stereocenters. The number of nitrogen functional groups attached to an aromatic ring is 1. The second-order valence-electron chi connectivity index (χ2n) is 4.92. The maximum Gasteiger partial charge on any atom is 0.256 e. The number of rotatable bonds is 5. The van der Waals surface area contributed by atoms with Gasteiger partial charge in [-0.25, -0.2) is 0 Å². The van der Waals surface area contributed by atoms with Gasteiger partial charge in [0.25, 0.3) is 5.91 Å². The molecule has 0 fully saturated rings. The van der Waals surface area contributed by atoms with Gasteiger partial charge in [0.1, 0.15) is 0 Å². The zero-order chi connectivity index (χ0) is 15.2. The van der Waals surface area contributed by atoms with Crippen molar-refractivity contribution in [2.24, 2.45) is 0 Å². The van der Waals surface area contributed by atoms with Gasteiger partial charge >= 0.3 is 0 Å². The molecule has 4 nitrogen and oxygen atoms in total. The van der Waals surface area contributed by atoms with E-state index in [1.165, 1.54) is 0 Å². The lowest BCUT2D eigenvalue weighted by Crippen LogP contribution is -2.32. The SMILES string of the molecule is COC(C(=O)N(C)Cc1ccccc1N)c1ccccc1. The van der Waals surface area contributed by atoms with Crippen LogP contribution in [-0.2, 0) is 16.1 Å². The maximum atomic E-state index is 12.6. The van der Waals surface area contributed by atoms with E-state index in [1.54, 1.807) is 19.1 Å². The summed E-state index contributed by atoms with van der Waals surface area (Å²) < 4.78 is 5.36. The summed E-state index contributed by atoms with van der Waals surface area (Å²) >= 11 is 0. The monoisotopic (exact) mass is 284 g/mol. The van der Waals surface area contributed by atoms with Crippen LogP contribution in [-0.4, -0.2) is 25.0 Å². The van der Waals surface area contributed by atoms with E-state index < -0.39 is 6.10 Å². The Kier molecular flexibility index (Phi) is 4.95. The van der Waals surface area contributed by atoms with Crippen LogP contribution in [0.5, 0.6) is 0 Å².